The molecule has 0 N–H and O–H groups in total. The van der Waals surface area contributed by atoms with E-state index in [0.717, 1.165) is 5.69 Å². The molecule has 250 valence electrons. The lowest BCUT2D eigenvalue weighted by Gasteiger charge is -2.11. The van der Waals surface area contributed by atoms with Gasteiger partial charge in [-0.05, 0) is 115 Å². The molecule has 1 aliphatic rings. The van der Waals surface area contributed by atoms with E-state index in [0.29, 0.717) is 0 Å². The minimum Gasteiger partial charge on any atom is -0.309 e. The number of rotatable bonds is 4. The van der Waals surface area contributed by atoms with E-state index < -0.39 is 0 Å². The van der Waals surface area contributed by atoms with Crippen LogP contribution in [0.25, 0.3) is 114 Å². The van der Waals surface area contributed by atoms with Crippen molar-refractivity contribution in [2.45, 2.75) is 0 Å². The van der Waals surface area contributed by atoms with Gasteiger partial charge in [0.2, 0.25) is 0 Å². The molecule has 0 saturated carbocycles. The van der Waals surface area contributed by atoms with Crippen molar-refractivity contribution in [1.29, 1.82) is 0 Å². The highest BCUT2D eigenvalue weighted by molar-refractivity contribution is 7.26. The predicted molar refractivity (Wildman–Crippen MR) is 232 cm³/mol. The number of thiophene rings is 1. The van der Waals surface area contributed by atoms with Gasteiger partial charge in [0, 0.05) is 36.6 Å². The maximum Gasteiger partial charge on any atom is 0.0541 e. The third kappa shape index (κ3) is 4.32. The van der Waals surface area contributed by atoms with Gasteiger partial charge in [-0.1, -0.05) is 140 Å². The number of para-hydroxylation sites is 1. The molecule has 0 spiro atoms. The van der Waals surface area contributed by atoms with Crippen LogP contribution in [0.1, 0.15) is 0 Å². The molecule has 9 aromatic carbocycles. The topological polar surface area (TPSA) is 4.93 Å². The van der Waals surface area contributed by atoms with Gasteiger partial charge in [0.25, 0.3) is 0 Å². The molecule has 0 radical (unpaired) electrons. The van der Waals surface area contributed by atoms with Crippen LogP contribution < -0.4 is 0 Å². The first-order chi connectivity index (χ1) is 26.8. The first-order valence-corrected chi connectivity index (χ1v) is 19.4. The molecule has 0 saturated heterocycles. The molecule has 0 fully saturated rings. The minimum absolute atomic E-state index is 1.16. The smallest absolute Gasteiger partial charge is 0.0541 e. The quantitative estimate of drug-likeness (QED) is 0.172. The Bertz CT molecular complexity index is 3310. The average molecular weight is 702 g/mol. The third-order valence-electron chi connectivity index (χ3n) is 11.5. The van der Waals surface area contributed by atoms with Crippen LogP contribution >= 0.6 is 11.3 Å². The van der Waals surface area contributed by atoms with Gasteiger partial charge in [-0.2, -0.15) is 0 Å². The highest BCUT2D eigenvalue weighted by Crippen LogP contribution is 2.52. The van der Waals surface area contributed by atoms with Gasteiger partial charge < -0.3 is 4.57 Å². The van der Waals surface area contributed by atoms with Crippen LogP contribution in [-0.2, 0) is 0 Å². The van der Waals surface area contributed by atoms with Crippen LogP contribution in [0.3, 0.4) is 0 Å². The zero-order valence-corrected chi connectivity index (χ0v) is 30.1. The Kier molecular flexibility index (Phi) is 6.28. The average Bonchev–Trinajstić information content (AvgIpc) is 3.89. The molecule has 11 aromatic rings. The highest BCUT2D eigenvalue weighted by Gasteiger charge is 2.24. The number of hydrogen-bond acceptors (Lipinski definition) is 1. The zero-order valence-electron chi connectivity index (χ0n) is 29.3. The lowest BCUT2D eigenvalue weighted by atomic mass is 9.96. The SMILES string of the molecule is c1ccc(-c2ccc(-c3cccc(-n4c5ccccc5c5cc(-c6ccc7sc8cc9c%10c(cccc%10c8c7c6)-c6ccccc6-9)ccc54)c3)cc2)cc1. The van der Waals surface area contributed by atoms with E-state index in [4.69, 9.17) is 0 Å². The number of fused-ring (bicyclic) bond motifs is 10. The molecule has 12 rings (SSSR count). The summed E-state index contributed by atoms with van der Waals surface area (Å²) >= 11 is 1.91. The number of benzene rings is 9. The van der Waals surface area contributed by atoms with Gasteiger partial charge in [0.1, 0.15) is 0 Å². The van der Waals surface area contributed by atoms with Gasteiger partial charge in [0.15, 0.2) is 0 Å². The molecule has 0 atom stereocenters. The standard InChI is InChI=1S/C52H31NS/c1-2-10-32(11-3-1)33-20-22-34(23-21-33)35-12-8-13-38(28-35)53-47-19-7-6-16-41(47)44-29-36(24-26-48(44)53)37-25-27-49-46(30-37)52-43-18-9-17-42-39-14-4-5-15-40(39)45(51(42)43)31-50(52)54-49/h1-31H. The molecule has 0 bridgehead atoms. The van der Waals surface area contributed by atoms with Gasteiger partial charge in [0.05, 0.1) is 11.0 Å². The Labute approximate surface area is 316 Å². The third-order valence-corrected chi connectivity index (χ3v) is 12.7. The van der Waals surface area contributed by atoms with Crippen LogP contribution in [0.5, 0.6) is 0 Å². The summed E-state index contributed by atoms with van der Waals surface area (Å²) in [6.45, 7) is 0. The maximum absolute atomic E-state index is 2.44. The Balaban J connectivity index is 0.983. The molecule has 54 heavy (non-hydrogen) atoms. The molecule has 2 aromatic heterocycles. The van der Waals surface area contributed by atoms with Crippen molar-refractivity contribution in [3.63, 3.8) is 0 Å². The normalized spacial score (nSPS) is 12.1. The fourth-order valence-electron chi connectivity index (χ4n) is 9.06. The van der Waals surface area contributed by atoms with Crippen molar-refractivity contribution in [3.8, 4) is 61.3 Å². The summed E-state index contributed by atoms with van der Waals surface area (Å²) in [5.41, 5.74) is 16.4. The Hall–Kier alpha value is -6.74. The van der Waals surface area contributed by atoms with Gasteiger partial charge in [-0.25, -0.2) is 0 Å². The lowest BCUT2D eigenvalue weighted by molar-refractivity contribution is 1.18. The molecule has 2 heterocycles. The second kappa shape index (κ2) is 11.4. The highest BCUT2D eigenvalue weighted by atomic mass is 32.1. The predicted octanol–water partition coefficient (Wildman–Crippen LogP) is 15.0. The maximum atomic E-state index is 2.44. The van der Waals surface area contributed by atoms with Crippen LogP contribution in [0.4, 0.5) is 0 Å². The second-order valence-electron chi connectivity index (χ2n) is 14.5. The zero-order chi connectivity index (χ0) is 35.3. The van der Waals surface area contributed by atoms with Crippen molar-refractivity contribution in [2.75, 3.05) is 0 Å². The van der Waals surface area contributed by atoms with Gasteiger partial charge in [-0.3, -0.25) is 0 Å². The monoisotopic (exact) mass is 701 g/mol. The molecular formula is C52H31NS. The van der Waals surface area contributed by atoms with E-state index in [-0.39, 0.29) is 0 Å². The van der Waals surface area contributed by atoms with E-state index in [2.05, 4.69) is 193 Å². The summed E-state index contributed by atoms with van der Waals surface area (Å²) in [6.07, 6.45) is 0. The number of hydrogen-bond donors (Lipinski definition) is 0. The summed E-state index contributed by atoms with van der Waals surface area (Å²) in [6, 6.07) is 69.5. The van der Waals surface area contributed by atoms with Crippen molar-refractivity contribution in [1.82, 2.24) is 4.57 Å². The molecule has 1 nitrogen and oxygen atoms in total. The van der Waals surface area contributed by atoms with E-state index >= 15 is 0 Å². The van der Waals surface area contributed by atoms with E-state index in [1.54, 1.807) is 0 Å². The molecule has 1 aliphatic carbocycles. The Morgan fingerprint density at radius 3 is 1.72 bits per heavy atom. The minimum atomic E-state index is 1.16. The first kappa shape index (κ1) is 29.8. The van der Waals surface area contributed by atoms with Crippen LogP contribution in [0, 0.1) is 0 Å². The van der Waals surface area contributed by atoms with Crippen LogP contribution in [-0.4, -0.2) is 4.57 Å². The molecule has 2 heteroatoms. The van der Waals surface area contributed by atoms with E-state index in [1.165, 1.54) is 108 Å². The van der Waals surface area contributed by atoms with Crippen LogP contribution in [0.2, 0.25) is 0 Å². The molecule has 0 amide bonds. The molecular weight excluding hydrogens is 671 g/mol. The summed E-state index contributed by atoms with van der Waals surface area (Å²) < 4.78 is 5.11. The Morgan fingerprint density at radius 2 is 0.870 bits per heavy atom. The lowest BCUT2D eigenvalue weighted by Crippen LogP contribution is -1.94. The largest absolute Gasteiger partial charge is 0.309 e. The summed E-state index contributed by atoms with van der Waals surface area (Å²) in [5.74, 6) is 0. The summed E-state index contributed by atoms with van der Waals surface area (Å²) in [7, 11) is 0. The van der Waals surface area contributed by atoms with Crippen molar-refractivity contribution in [3.05, 3.63) is 188 Å². The number of aromatic nitrogens is 1. The van der Waals surface area contributed by atoms with Gasteiger partial charge >= 0.3 is 0 Å². The summed E-state index contributed by atoms with van der Waals surface area (Å²) in [5, 5.41) is 7.98. The van der Waals surface area contributed by atoms with Crippen molar-refractivity contribution < 1.29 is 0 Å². The van der Waals surface area contributed by atoms with Crippen molar-refractivity contribution in [2.24, 2.45) is 0 Å². The van der Waals surface area contributed by atoms with Crippen molar-refractivity contribution >= 4 is 64.1 Å². The Morgan fingerprint density at radius 1 is 0.296 bits per heavy atom. The molecule has 0 aliphatic heterocycles. The van der Waals surface area contributed by atoms with E-state index in [1.807, 2.05) is 11.3 Å². The van der Waals surface area contributed by atoms with E-state index in [9.17, 15) is 0 Å². The fourth-order valence-corrected chi connectivity index (χ4v) is 10.2. The van der Waals surface area contributed by atoms with Crippen LogP contribution in [0.15, 0.2) is 188 Å². The first-order valence-electron chi connectivity index (χ1n) is 18.6. The molecule has 0 unspecified atom stereocenters. The summed E-state index contributed by atoms with van der Waals surface area (Å²) in [4.78, 5) is 0. The second-order valence-corrected chi connectivity index (χ2v) is 15.5. The van der Waals surface area contributed by atoms with Gasteiger partial charge in [-0.15, -0.1) is 11.3 Å². The number of nitrogens with zero attached hydrogens (tertiary/aromatic N) is 1. The fraction of sp³-hybridized carbons (Fsp3) is 0.